The van der Waals surface area contributed by atoms with Crippen LogP contribution in [0.3, 0.4) is 0 Å². The highest BCUT2D eigenvalue weighted by molar-refractivity contribution is 5.10. The molecule has 2 nitrogen and oxygen atoms in total. The molecule has 0 bridgehead atoms. The maximum Gasteiger partial charge on any atom is 0.0804 e. The number of aliphatic hydroxyl groups is 2. The van der Waals surface area contributed by atoms with Gasteiger partial charge in [0.15, 0.2) is 0 Å². The number of aliphatic hydroxyl groups excluding tert-OH is 2. The first-order valence-electron chi connectivity index (χ1n) is 13.0. The summed E-state index contributed by atoms with van der Waals surface area (Å²) in [6, 6.07) is 0. The summed E-state index contributed by atoms with van der Waals surface area (Å²) in [7, 11) is 0. The maximum atomic E-state index is 10.5. The Morgan fingerprint density at radius 1 is 0.828 bits per heavy atom. The highest BCUT2D eigenvalue weighted by Crippen LogP contribution is 2.68. The normalized spacial score (nSPS) is 50.7. The topological polar surface area (TPSA) is 40.5 Å². The molecule has 0 aliphatic heterocycles. The minimum absolute atomic E-state index is 0.254. The van der Waals surface area contributed by atoms with Gasteiger partial charge in [-0.25, -0.2) is 0 Å². The lowest BCUT2D eigenvalue weighted by molar-refractivity contribution is -0.160. The van der Waals surface area contributed by atoms with Crippen molar-refractivity contribution >= 4 is 0 Å². The summed E-state index contributed by atoms with van der Waals surface area (Å²) in [5.41, 5.74) is 0.804. The Kier molecular flexibility index (Phi) is 6.19. The third-order valence-corrected chi connectivity index (χ3v) is 10.9. The van der Waals surface area contributed by atoms with Crippen LogP contribution in [0.25, 0.3) is 0 Å². The molecule has 168 valence electrons. The fourth-order valence-corrected chi connectivity index (χ4v) is 9.30. The summed E-state index contributed by atoms with van der Waals surface area (Å²) in [4.78, 5) is 0. The van der Waals surface area contributed by atoms with Crippen molar-refractivity contribution in [3.63, 3.8) is 0 Å². The SMILES string of the molecule is CC(C)CCC[C@@H](C)[C@@H]1CC[C@@H]2[C@H]3CC[C@H]4C[C@@H](O)[C@@H](O)C[C@]4(C)[C@@H]3CC[C@]21C. The first kappa shape index (κ1) is 22.1. The molecular weight excluding hydrogens is 356 g/mol. The second-order valence-electron chi connectivity index (χ2n) is 12.8. The second-order valence-corrected chi connectivity index (χ2v) is 12.8. The van der Waals surface area contributed by atoms with Crippen molar-refractivity contribution < 1.29 is 10.2 Å². The van der Waals surface area contributed by atoms with Gasteiger partial charge in [0, 0.05) is 0 Å². The Morgan fingerprint density at radius 2 is 1.55 bits per heavy atom. The summed E-state index contributed by atoms with van der Waals surface area (Å²) < 4.78 is 0. The number of hydrogen-bond acceptors (Lipinski definition) is 2. The van der Waals surface area contributed by atoms with Crippen LogP contribution in [0.2, 0.25) is 0 Å². The van der Waals surface area contributed by atoms with Gasteiger partial charge < -0.3 is 10.2 Å². The summed E-state index contributed by atoms with van der Waals surface area (Å²) in [5.74, 6) is 5.80. The van der Waals surface area contributed by atoms with E-state index in [0.29, 0.717) is 11.3 Å². The standard InChI is InChI=1S/C27H48O2/c1-17(2)7-6-8-18(3)21-11-12-22-20-10-9-19-15-24(28)25(29)16-27(19,5)23(20)13-14-26(21,22)4/h17-25,28-29H,6-16H2,1-5H3/t18-,19+,20-,21+,22-,23-,24-,25+,26+,27+/m1/s1. The van der Waals surface area contributed by atoms with E-state index >= 15 is 0 Å². The van der Waals surface area contributed by atoms with Gasteiger partial charge in [-0.15, -0.1) is 0 Å². The molecule has 0 saturated heterocycles. The molecule has 2 heteroatoms. The number of rotatable bonds is 5. The van der Waals surface area contributed by atoms with Gasteiger partial charge in [-0.3, -0.25) is 0 Å². The van der Waals surface area contributed by atoms with E-state index in [2.05, 4.69) is 34.6 Å². The fraction of sp³-hybridized carbons (Fsp3) is 1.00. The van der Waals surface area contributed by atoms with Gasteiger partial charge in [0.2, 0.25) is 0 Å². The lowest BCUT2D eigenvalue weighted by atomic mass is 9.44. The second kappa shape index (κ2) is 8.12. The molecule has 0 amide bonds. The van der Waals surface area contributed by atoms with Gasteiger partial charge in [-0.05, 0) is 104 Å². The first-order valence-corrected chi connectivity index (χ1v) is 13.0. The van der Waals surface area contributed by atoms with Crippen molar-refractivity contribution in [1.82, 2.24) is 0 Å². The average Bonchev–Trinajstić information content (AvgIpc) is 3.00. The van der Waals surface area contributed by atoms with Crippen LogP contribution in [0, 0.1) is 52.3 Å². The van der Waals surface area contributed by atoms with Gasteiger partial charge in [0.05, 0.1) is 12.2 Å². The van der Waals surface area contributed by atoms with Crippen molar-refractivity contribution in [3.8, 4) is 0 Å². The molecule has 4 fully saturated rings. The van der Waals surface area contributed by atoms with Crippen molar-refractivity contribution in [2.45, 2.75) is 117 Å². The molecule has 4 rings (SSSR count). The molecule has 0 aromatic rings. The van der Waals surface area contributed by atoms with Gasteiger partial charge in [-0.1, -0.05) is 53.9 Å². The van der Waals surface area contributed by atoms with E-state index in [-0.39, 0.29) is 5.41 Å². The van der Waals surface area contributed by atoms with E-state index in [0.717, 1.165) is 48.3 Å². The number of fused-ring (bicyclic) bond motifs is 5. The van der Waals surface area contributed by atoms with Crippen LogP contribution in [0.1, 0.15) is 105 Å². The van der Waals surface area contributed by atoms with Crippen molar-refractivity contribution in [2.75, 3.05) is 0 Å². The van der Waals surface area contributed by atoms with Crippen LogP contribution >= 0.6 is 0 Å². The lowest BCUT2D eigenvalue weighted by Gasteiger charge is -2.61. The Balaban J connectivity index is 1.47. The molecule has 4 saturated carbocycles. The van der Waals surface area contributed by atoms with E-state index in [9.17, 15) is 10.2 Å². The quantitative estimate of drug-likeness (QED) is 0.553. The largest absolute Gasteiger partial charge is 0.390 e. The number of hydrogen-bond donors (Lipinski definition) is 2. The molecule has 4 aliphatic carbocycles. The molecule has 2 N–H and O–H groups in total. The highest BCUT2D eigenvalue weighted by atomic mass is 16.3. The summed E-state index contributed by atoms with van der Waals surface area (Å²) in [6.07, 6.45) is 13.2. The van der Waals surface area contributed by atoms with Crippen molar-refractivity contribution in [2.24, 2.45) is 52.3 Å². The van der Waals surface area contributed by atoms with Crippen molar-refractivity contribution in [1.29, 1.82) is 0 Å². The van der Waals surface area contributed by atoms with Crippen LogP contribution in [-0.2, 0) is 0 Å². The zero-order valence-electron chi connectivity index (χ0n) is 19.9. The van der Waals surface area contributed by atoms with E-state index in [1.165, 1.54) is 57.8 Å². The van der Waals surface area contributed by atoms with Gasteiger partial charge >= 0.3 is 0 Å². The van der Waals surface area contributed by atoms with Gasteiger partial charge in [-0.2, -0.15) is 0 Å². The summed E-state index contributed by atoms with van der Waals surface area (Å²) in [5, 5.41) is 20.8. The maximum absolute atomic E-state index is 10.5. The Hall–Kier alpha value is -0.0800. The Morgan fingerprint density at radius 3 is 2.28 bits per heavy atom. The monoisotopic (exact) mass is 404 g/mol. The van der Waals surface area contributed by atoms with Crippen LogP contribution in [0.15, 0.2) is 0 Å². The van der Waals surface area contributed by atoms with Crippen molar-refractivity contribution in [3.05, 3.63) is 0 Å². The van der Waals surface area contributed by atoms with Crippen LogP contribution in [-0.4, -0.2) is 22.4 Å². The lowest BCUT2D eigenvalue weighted by Crippen LogP contribution is -2.56. The molecule has 0 unspecified atom stereocenters. The molecule has 4 aliphatic rings. The molecule has 29 heavy (non-hydrogen) atoms. The summed E-state index contributed by atoms with van der Waals surface area (Å²) in [6.45, 7) is 12.4. The predicted molar refractivity (Wildman–Crippen MR) is 120 cm³/mol. The minimum atomic E-state index is -0.499. The molecule has 0 radical (unpaired) electrons. The zero-order chi connectivity index (χ0) is 21.0. The Bertz CT molecular complexity index is 573. The zero-order valence-corrected chi connectivity index (χ0v) is 19.9. The minimum Gasteiger partial charge on any atom is -0.390 e. The third-order valence-electron chi connectivity index (χ3n) is 10.9. The van der Waals surface area contributed by atoms with Crippen LogP contribution in [0.4, 0.5) is 0 Å². The summed E-state index contributed by atoms with van der Waals surface area (Å²) >= 11 is 0. The molecule has 10 atom stereocenters. The van der Waals surface area contributed by atoms with E-state index in [1.807, 2.05) is 0 Å². The smallest absolute Gasteiger partial charge is 0.0804 e. The van der Waals surface area contributed by atoms with Crippen LogP contribution < -0.4 is 0 Å². The van der Waals surface area contributed by atoms with E-state index in [4.69, 9.17) is 0 Å². The third kappa shape index (κ3) is 3.73. The predicted octanol–water partition coefficient (Wildman–Crippen LogP) is 6.44. The molecular formula is C27H48O2. The fourth-order valence-electron chi connectivity index (χ4n) is 9.30. The van der Waals surface area contributed by atoms with Gasteiger partial charge in [0.25, 0.3) is 0 Å². The molecule has 0 aromatic carbocycles. The van der Waals surface area contributed by atoms with Crippen LogP contribution in [0.5, 0.6) is 0 Å². The molecule has 0 heterocycles. The molecule has 0 aromatic heterocycles. The highest BCUT2D eigenvalue weighted by Gasteiger charge is 2.61. The Labute approximate surface area is 180 Å². The van der Waals surface area contributed by atoms with Gasteiger partial charge in [0.1, 0.15) is 0 Å². The average molecular weight is 405 g/mol. The van der Waals surface area contributed by atoms with E-state index < -0.39 is 12.2 Å². The molecule has 0 spiro atoms. The van der Waals surface area contributed by atoms with E-state index in [1.54, 1.807) is 0 Å². The first-order chi connectivity index (χ1) is 13.7.